The average Bonchev–Trinajstić information content (AvgIpc) is 3.28. The summed E-state index contributed by atoms with van der Waals surface area (Å²) in [6, 6.07) is 2.35. The van der Waals surface area contributed by atoms with Crippen molar-refractivity contribution in [1.82, 2.24) is 10.2 Å². The van der Waals surface area contributed by atoms with Crippen LogP contribution in [0.5, 0.6) is 0 Å². The quantitative estimate of drug-likeness (QED) is 0.713. The molecule has 0 spiro atoms. The van der Waals surface area contributed by atoms with E-state index < -0.39 is 5.54 Å². The molecular weight excluding hydrogens is 242 g/mol. The highest BCUT2D eigenvalue weighted by atomic mass is 16.2. The number of nitrogens with zero attached hydrogens (tertiary/aromatic N) is 2. The van der Waals surface area contributed by atoms with Gasteiger partial charge < -0.3 is 0 Å². The average molecular weight is 261 g/mol. The summed E-state index contributed by atoms with van der Waals surface area (Å²) in [5.41, 5.74) is -0.724. The maximum atomic E-state index is 12.0. The summed E-state index contributed by atoms with van der Waals surface area (Å²) >= 11 is 0. The molecule has 0 bridgehead atoms. The predicted molar refractivity (Wildman–Crippen MR) is 67.7 cm³/mol. The van der Waals surface area contributed by atoms with Crippen molar-refractivity contribution in [2.75, 3.05) is 13.1 Å². The van der Waals surface area contributed by atoms with Crippen LogP contribution in [0.1, 0.15) is 32.6 Å². The second-order valence-corrected chi connectivity index (χ2v) is 6.00. The van der Waals surface area contributed by atoms with E-state index in [1.165, 1.54) is 4.90 Å². The molecule has 1 heterocycles. The van der Waals surface area contributed by atoms with E-state index in [0.29, 0.717) is 0 Å². The molecule has 19 heavy (non-hydrogen) atoms. The lowest BCUT2D eigenvalue weighted by Crippen LogP contribution is -2.56. The zero-order chi connectivity index (χ0) is 13.6. The Balaban J connectivity index is 1.76. The van der Waals surface area contributed by atoms with Crippen LogP contribution in [-0.4, -0.2) is 35.3 Å². The molecule has 3 fully saturated rings. The van der Waals surface area contributed by atoms with Crippen LogP contribution in [-0.2, 0) is 9.59 Å². The molecule has 5 heteroatoms. The Labute approximate surface area is 112 Å². The van der Waals surface area contributed by atoms with E-state index in [-0.39, 0.29) is 36.1 Å². The van der Waals surface area contributed by atoms with Gasteiger partial charge in [0.1, 0.15) is 5.54 Å². The summed E-state index contributed by atoms with van der Waals surface area (Å²) in [7, 11) is 0. The van der Waals surface area contributed by atoms with Crippen molar-refractivity contribution in [3.63, 3.8) is 0 Å². The fraction of sp³-hybridized carbons (Fsp3) is 0.786. The molecule has 3 atom stereocenters. The zero-order valence-electron chi connectivity index (χ0n) is 11.2. The Kier molecular flexibility index (Phi) is 2.86. The van der Waals surface area contributed by atoms with Gasteiger partial charge in [-0.2, -0.15) is 5.26 Å². The number of fused-ring (bicyclic) bond motifs is 1. The Morgan fingerprint density at radius 3 is 2.47 bits per heavy atom. The fourth-order valence-electron chi connectivity index (χ4n) is 3.07. The monoisotopic (exact) mass is 261 g/mol. The highest BCUT2D eigenvalue weighted by Gasteiger charge is 2.61. The van der Waals surface area contributed by atoms with E-state index in [0.717, 1.165) is 32.2 Å². The third-order valence-electron chi connectivity index (χ3n) is 4.53. The first-order valence-corrected chi connectivity index (χ1v) is 7.14. The lowest BCUT2D eigenvalue weighted by atomic mass is 9.93. The number of carbonyl (C=O) groups excluding carboxylic acids is 2. The highest BCUT2D eigenvalue weighted by Crippen LogP contribution is 2.48. The van der Waals surface area contributed by atoms with Crippen molar-refractivity contribution < 1.29 is 9.59 Å². The zero-order valence-corrected chi connectivity index (χ0v) is 11.2. The van der Waals surface area contributed by atoms with E-state index in [4.69, 9.17) is 0 Å². The summed E-state index contributed by atoms with van der Waals surface area (Å²) < 4.78 is 0. The standard InChI is InChI=1S/C14H19N3O2/c1-2-5-16-14(7-15,9-3-4-9)8-17-12(18)10-6-11(10)13(17)19/h9-11,16H,2-6,8H2,1H3. The Bertz CT molecular complexity index is 446. The minimum absolute atomic E-state index is 0.0615. The van der Waals surface area contributed by atoms with E-state index in [2.05, 4.69) is 11.4 Å². The van der Waals surface area contributed by atoms with E-state index in [9.17, 15) is 14.9 Å². The third-order valence-corrected chi connectivity index (χ3v) is 4.53. The summed E-state index contributed by atoms with van der Waals surface area (Å²) in [4.78, 5) is 25.4. The summed E-state index contributed by atoms with van der Waals surface area (Å²) in [6.45, 7) is 3.02. The number of hydrogen-bond acceptors (Lipinski definition) is 4. The van der Waals surface area contributed by atoms with Crippen LogP contribution in [0, 0.1) is 29.1 Å². The minimum Gasteiger partial charge on any atom is -0.298 e. The normalized spacial score (nSPS) is 31.9. The van der Waals surface area contributed by atoms with Crippen molar-refractivity contribution in [1.29, 1.82) is 5.26 Å². The van der Waals surface area contributed by atoms with Gasteiger partial charge in [0, 0.05) is 0 Å². The number of carbonyl (C=O) groups is 2. The van der Waals surface area contributed by atoms with Crippen LogP contribution >= 0.6 is 0 Å². The molecule has 1 N–H and O–H groups in total. The molecule has 2 aliphatic carbocycles. The van der Waals surface area contributed by atoms with Gasteiger partial charge in [0.2, 0.25) is 11.8 Å². The highest BCUT2D eigenvalue weighted by molar-refractivity contribution is 6.08. The Morgan fingerprint density at radius 1 is 1.37 bits per heavy atom. The Morgan fingerprint density at radius 2 is 2.00 bits per heavy atom. The van der Waals surface area contributed by atoms with Gasteiger partial charge in [-0.3, -0.25) is 19.8 Å². The first kappa shape index (κ1) is 12.6. The molecule has 3 unspecified atom stereocenters. The number of amides is 2. The van der Waals surface area contributed by atoms with Crippen molar-refractivity contribution >= 4 is 11.8 Å². The van der Waals surface area contributed by atoms with E-state index >= 15 is 0 Å². The molecule has 102 valence electrons. The fourth-order valence-corrected chi connectivity index (χ4v) is 3.07. The second-order valence-electron chi connectivity index (χ2n) is 6.00. The summed E-state index contributed by atoms with van der Waals surface area (Å²) in [5, 5.41) is 12.8. The van der Waals surface area contributed by atoms with Gasteiger partial charge in [-0.1, -0.05) is 6.92 Å². The molecule has 5 nitrogen and oxygen atoms in total. The van der Waals surface area contributed by atoms with Crippen LogP contribution in [0.25, 0.3) is 0 Å². The van der Waals surface area contributed by atoms with Crippen LogP contribution in [0.2, 0.25) is 0 Å². The molecule has 2 saturated carbocycles. The smallest absolute Gasteiger partial charge is 0.233 e. The molecule has 0 aromatic heterocycles. The SMILES string of the molecule is CCCNC(C#N)(CN1C(=O)C2CC2C1=O)C1CC1. The summed E-state index contributed by atoms with van der Waals surface area (Å²) in [5.74, 6) is 0.00673. The number of likely N-dealkylation sites (tertiary alicyclic amines) is 1. The third kappa shape index (κ3) is 1.95. The predicted octanol–water partition coefficient (Wildman–Crippen LogP) is 0.663. The van der Waals surface area contributed by atoms with Gasteiger partial charge in [-0.25, -0.2) is 0 Å². The second kappa shape index (κ2) is 4.31. The van der Waals surface area contributed by atoms with Gasteiger partial charge in [0.15, 0.2) is 0 Å². The number of nitriles is 1. The van der Waals surface area contributed by atoms with Crippen molar-refractivity contribution in [2.24, 2.45) is 17.8 Å². The first-order chi connectivity index (χ1) is 9.13. The lowest BCUT2D eigenvalue weighted by molar-refractivity contribution is -0.142. The molecule has 3 aliphatic rings. The number of nitrogens with one attached hydrogen (secondary N) is 1. The number of hydrogen-bond donors (Lipinski definition) is 1. The molecule has 3 rings (SSSR count). The molecule has 0 radical (unpaired) electrons. The number of rotatable bonds is 6. The van der Waals surface area contributed by atoms with Crippen LogP contribution < -0.4 is 5.32 Å². The molecule has 2 amide bonds. The molecule has 0 aromatic carbocycles. The number of piperidine rings is 1. The van der Waals surface area contributed by atoms with Gasteiger partial charge in [0.05, 0.1) is 24.4 Å². The van der Waals surface area contributed by atoms with Gasteiger partial charge in [0.25, 0.3) is 0 Å². The lowest BCUT2D eigenvalue weighted by Gasteiger charge is -2.32. The molecular formula is C14H19N3O2. The largest absolute Gasteiger partial charge is 0.298 e. The summed E-state index contributed by atoms with van der Waals surface area (Å²) in [6.07, 6.45) is 3.67. The van der Waals surface area contributed by atoms with Crippen LogP contribution in [0.4, 0.5) is 0 Å². The number of imide groups is 1. The van der Waals surface area contributed by atoms with Crippen molar-refractivity contribution in [3.05, 3.63) is 0 Å². The molecule has 1 saturated heterocycles. The molecule has 0 aromatic rings. The first-order valence-electron chi connectivity index (χ1n) is 7.14. The van der Waals surface area contributed by atoms with Crippen molar-refractivity contribution in [3.8, 4) is 6.07 Å². The minimum atomic E-state index is -0.724. The van der Waals surface area contributed by atoms with Gasteiger partial charge in [-0.05, 0) is 38.1 Å². The maximum absolute atomic E-state index is 12.0. The van der Waals surface area contributed by atoms with Gasteiger partial charge >= 0.3 is 0 Å². The Hall–Kier alpha value is -1.41. The van der Waals surface area contributed by atoms with Gasteiger partial charge in [-0.15, -0.1) is 0 Å². The van der Waals surface area contributed by atoms with Crippen molar-refractivity contribution in [2.45, 2.75) is 38.1 Å². The van der Waals surface area contributed by atoms with Crippen LogP contribution in [0.15, 0.2) is 0 Å². The van der Waals surface area contributed by atoms with E-state index in [1.54, 1.807) is 0 Å². The maximum Gasteiger partial charge on any atom is 0.233 e. The van der Waals surface area contributed by atoms with Crippen LogP contribution in [0.3, 0.4) is 0 Å². The topological polar surface area (TPSA) is 73.2 Å². The molecule has 1 aliphatic heterocycles. The van der Waals surface area contributed by atoms with E-state index in [1.807, 2.05) is 6.92 Å².